The van der Waals surface area contributed by atoms with Crippen molar-refractivity contribution in [3.8, 4) is 0 Å². The molecule has 1 aromatic rings. The molecule has 5 heteroatoms. The first-order valence-electron chi connectivity index (χ1n) is 8.76. The van der Waals surface area contributed by atoms with Crippen molar-refractivity contribution < 1.29 is 9.53 Å². The molecule has 3 rings (SSSR count). The Morgan fingerprint density at radius 2 is 2.04 bits per heavy atom. The first-order chi connectivity index (χ1) is 11.2. The van der Waals surface area contributed by atoms with Crippen LogP contribution < -0.4 is 0 Å². The smallest absolute Gasteiger partial charge is 0.236 e. The van der Waals surface area contributed by atoms with E-state index in [1.165, 1.54) is 25.7 Å². The maximum absolute atomic E-state index is 12.6. The van der Waals surface area contributed by atoms with Crippen LogP contribution in [0.5, 0.6) is 0 Å². The molecule has 3 heterocycles. The fourth-order valence-electron chi connectivity index (χ4n) is 3.43. The highest BCUT2D eigenvalue weighted by molar-refractivity contribution is 5.78. The molecular weight excluding hydrogens is 290 g/mol. The zero-order valence-electron chi connectivity index (χ0n) is 14.0. The third kappa shape index (κ3) is 4.52. The van der Waals surface area contributed by atoms with E-state index in [0.29, 0.717) is 26.2 Å². The minimum atomic E-state index is -0.0291. The van der Waals surface area contributed by atoms with E-state index in [9.17, 15) is 4.79 Å². The number of hydrogen-bond donors (Lipinski definition) is 0. The number of carbonyl (C=O) groups excluding carboxylic acids is 1. The Hall–Kier alpha value is -1.46. The summed E-state index contributed by atoms with van der Waals surface area (Å²) < 4.78 is 5.87. The van der Waals surface area contributed by atoms with Gasteiger partial charge in [0, 0.05) is 18.4 Å². The molecule has 0 spiro atoms. The van der Waals surface area contributed by atoms with Gasteiger partial charge in [-0.3, -0.25) is 14.7 Å². The van der Waals surface area contributed by atoms with Crippen molar-refractivity contribution in [1.82, 2.24) is 14.8 Å². The highest BCUT2D eigenvalue weighted by Crippen LogP contribution is 2.22. The first kappa shape index (κ1) is 16.4. The summed E-state index contributed by atoms with van der Waals surface area (Å²) in [4.78, 5) is 21.2. The molecule has 0 N–H and O–H groups in total. The van der Waals surface area contributed by atoms with Crippen LogP contribution in [0.25, 0.3) is 0 Å². The average Bonchev–Trinajstić information content (AvgIpc) is 2.84. The number of hydrogen-bond acceptors (Lipinski definition) is 4. The molecule has 0 saturated carbocycles. The fraction of sp³-hybridized carbons (Fsp3) is 0.667. The normalized spacial score (nSPS) is 23.5. The number of likely N-dealkylation sites (tertiary alicyclic amines) is 1. The maximum Gasteiger partial charge on any atom is 0.236 e. The molecule has 0 aliphatic carbocycles. The third-order valence-electron chi connectivity index (χ3n) is 4.77. The van der Waals surface area contributed by atoms with Gasteiger partial charge in [0.2, 0.25) is 5.91 Å². The lowest BCUT2D eigenvalue weighted by atomic mass is 10.1. The number of amides is 1. The van der Waals surface area contributed by atoms with Crippen LogP contribution in [0, 0.1) is 6.92 Å². The van der Waals surface area contributed by atoms with E-state index in [2.05, 4.69) is 9.88 Å². The molecule has 0 aromatic carbocycles. The van der Waals surface area contributed by atoms with Crippen LogP contribution in [0.2, 0.25) is 0 Å². The van der Waals surface area contributed by atoms with Crippen LogP contribution in [-0.2, 0) is 9.53 Å². The predicted molar refractivity (Wildman–Crippen MR) is 89.2 cm³/mol. The summed E-state index contributed by atoms with van der Waals surface area (Å²) in [6.07, 6.45) is 6.81. The Bertz CT molecular complexity index is 527. The minimum Gasteiger partial charge on any atom is -0.370 e. The molecule has 2 aliphatic heterocycles. The monoisotopic (exact) mass is 317 g/mol. The Morgan fingerprint density at radius 1 is 1.26 bits per heavy atom. The van der Waals surface area contributed by atoms with Crippen LogP contribution >= 0.6 is 0 Å². The lowest BCUT2D eigenvalue weighted by Crippen LogP contribution is -2.46. The van der Waals surface area contributed by atoms with Crippen LogP contribution in [-0.4, -0.2) is 60.0 Å². The van der Waals surface area contributed by atoms with Crippen molar-refractivity contribution in [2.24, 2.45) is 0 Å². The van der Waals surface area contributed by atoms with Gasteiger partial charge in [0.15, 0.2) is 0 Å². The zero-order chi connectivity index (χ0) is 16.1. The van der Waals surface area contributed by atoms with E-state index in [-0.39, 0.29) is 12.0 Å². The molecule has 1 aromatic heterocycles. The van der Waals surface area contributed by atoms with E-state index >= 15 is 0 Å². The third-order valence-corrected chi connectivity index (χ3v) is 4.77. The van der Waals surface area contributed by atoms with E-state index in [4.69, 9.17) is 4.74 Å². The van der Waals surface area contributed by atoms with Crippen LogP contribution in [0.3, 0.4) is 0 Å². The average molecular weight is 317 g/mol. The number of rotatable bonds is 3. The number of ether oxygens (including phenoxy) is 1. The van der Waals surface area contributed by atoms with Crippen molar-refractivity contribution in [1.29, 1.82) is 0 Å². The number of morpholine rings is 1. The summed E-state index contributed by atoms with van der Waals surface area (Å²) in [5.74, 6) is 0.242. The SMILES string of the molecule is Cc1cc([C@H]2CN(C(=O)CN3CCCCCC3)CCO2)ccn1. The number of aryl methyl sites for hydroxylation is 1. The van der Waals surface area contributed by atoms with Gasteiger partial charge in [-0.05, 0) is 50.6 Å². The Labute approximate surface area is 138 Å². The largest absolute Gasteiger partial charge is 0.370 e. The summed E-state index contributed by atoms with van der Waals surface area (Å²) in [5, 5.41) is 0. The van der Waals surface area contributed by atoms with Gasteiger partial charge in [0.1, 0.15) is 6.10 Å². The van der Waals surface area contributed by atoms with Gasteiger partial charge in [0.05, 0.1) is 19.7 Å². The quantitative estimate of drug-likeness (QED) is 0.857. The van der Waals surface area contributed by atoms with E-state index in [0.717, 1.165) is 24.3 Å². The highest BCUT2D eigenvalue weighted by Gasteiger charge is 2.26. The fourth-order valence-corrected chi connectivity index (χ4v) is 3.43. The second-order valence-corrected chi connectivity index (χ2v) is 6.62. The molecular formula is C18H27N3O2. The summed E-state index contributed by atoms with van der Waals surface area (Å²) in [5.41, 5.74) is 2.10. The van der Waals surface area contributed by atoms with Gasteiger partial charge < -0.3 is 9.64 Å². The van der Waals surface area contributed by atoms with Gasteiger partial charge in [-0.2, -0.15) is 0 Å². The molecule has 1 atom stereocenters. The number of pyridine rings is 1. The topological polar surface area (TPSA) is 45.7 Å². The standard InChI is InChI=1S/C18H27N3O2/c1-15-12-16(6-7-19-15)17-13-21(10-11-23-17)18(22)14-20-8-4-2-3-5-9-20/h6-7,12,17H,2-5,8-11,13-14H2,1H3/t17-/m1/s1. The molecule has 1 amide bonds. The van der Waals surface area contributed by atoms with Gasteiger partial charge in [-0.25, -0.2) is 0 Å². The zero-order valence-corrected chi connectivity index (χ0v) is 14.0. The van der Waals surface area contributed by atoms with Crippen molar-refractivity contribution in [3.63, 3.8) is 0 Å². The van der Waals surface area contributed by atoms with Gasteiger partial charge in [-0.15, -0.1) is 0 Å². The summed E-state index contributed by atoms with van der Waals surface area (Å²) in [6.45, 7) is 6.62. The Morgan fingerprint density at radius 3 is 2.78 bits per heavy atom. The van der Waals surface area contributed by atoms with Crippen molar-refractivity contribution in [2.75, 3.05) is 39.3 Å². The lowest BCUT2D eigenvalue weighted by Gasteiger charge is -2.34. The van der Waals surface area contributed by atoms with Crippen LogP contribution in [0.1, 0.15) is 43.0 Å². The van der Waals surface area contributed by atoms with E-state index in [1.807, 2.05) is 30.2 Å². The van der Waals surface area contributed by atoms with Crippen molar-refractivity contribution >= 4 is 5.91 Å². The van der Waals surface area contributed by atoms with Crippen molar-refractivity contribution in [3.05, 3.63) is 29.6 Å². The van der Waals surface area contributed by atoms with Gasteiger partial charge in [-0.1, -0.05) is 12.8 Å². The first-order valence-corrected chi connectivity index (χ1v) is 8.76. The summed E-state index contributed by atoms with van der Waals surface area (Å²) >= 11 is 0. The second kappa shape index (κ2) is 7.88. The minimum absolute atomic E-state index is 0.0291. The van der Waals surface area contributed by atoms with E-state index < -0.39 is 0 Å². The molecule has 0 bridgehead atoms. The number of aromatic nitrogens is 1. The van der Waals surface area contributed by atoms with Crippen molar-refractivity contribution in [2.45, 2.75) is 38.7 Å². The molecule has 0 unspecified atom stereocenters. The molecule has 2 fully saturated rings. The summed E-state index contributed by atoms with van der Waals surface area (Å²) in [7, 11) is 0. The number of carbonyl (C=O) groups is 1. The van der Waals surface area contributed by atoms with Crippen LogP contribution in [0.15, 0.2) is 18.3 Å². The molecule has 2 aliphatic rings. The second-order valence-electron chi connectivity index (χ2n) is 6.62. The molecule has 23 heavy (non-hydrogen) atoms. The van der Waals surface area contributed by atoms with Crippen LogP contribution in [0.4, 0.5) is 0 Å². The molecule has 0 radical (unpaired) electrons. The van der Waals surface area contributed by atoms with E-state index in [1.54, 1.807) is 0 Å². The van der Waals surface area contributed by atoms with Gasteiger partial charge in [0.25, 0.3) is 0 Å². The summed E-state index contributed by atoms with van der Waals surface area (Å²) in [6, 6.07) is 4.04. The molecule has 126 valence electrons. The van der Waals surface area contributed by atoms with Gasteiger partial charge >= 0.3 is 0 Å². The number of nitrogens with zero attached hydrogens (tertiary/aromatic N) is 3. The Balaban J connectivity index is 1.58. The molecule has 2 saturated heterocycles. The highest BCUT2D eigenvalue weighted by atomic mass is 16.5. The maximum atomic E-state index is 12.6. The molecule has 5 nitrogen and oxygen atoms in total. The predicted octanol–water partition coefficient (Wildman–Crippen LogP) is 2.17. The lowest BCUT2D eigenvalue weighted by molar-refractivity contribution is -0.140. The Kier molecular flexibility index (Phi) is 5.62.